The van der Waals surface area contributed by atoms with Gasteiger partial charge in [0, 0.05) is 0 Å². The summed E-state index contributed by atoms with van der Waals surface area (Å²) in [5.41, 5.74) is 9.97. The third-order valence-electron chi connectivity index (χ3n) is 4.64. The zero-order valence-electron chi connectivity index (χ0n) is 15.4. The molecule has 3 aromatic carbocycles. The van der Waals surface area contributed by atoms with Crippen molar-refractivity contribution in [2.75, 3.05) is 0 Å². The lowest BCUT2D eigenvalue weighted by molar-refractivity contribution is 0.516. The number of nitrogens with two attached hydrogens (primary N) is 1. The molecule has 138 valence electrons. The van der Waals surface area contributed by atoms with E-state index in [1.165, 1.54) is 5.56 Å². The lowest BCUT2D eigenvalue weighted by Gasteiger charge is -2.28. The van der Waals surface area contributed by atoms with Crippen LogP contribution >= 0.6 is 12.2 Å². The van der Waals surface area contributed by atoms with Crippen molar-refractivity contribution < 1.29 is 0 Å². The molecule has 0 aliphatic rings. The molecule has 0 unspecified atom stereocenters. The molecule has 0 bridgehead atoms. The topological polar surface area (TPSA) is 50.1 Å². The van der Waals surface area contributed by atoms with Gasteiger partial charge in [0.1, 0.15) is 0 Å². The maximum atomic E-state index is 6.61. The predicted molar refractivity (Wildman–Crippen MR) is 116 cm³/mol. The molecule has 27 heavy (non-hydrogen) atoms. The minimum absolute atomic E-state index is 0.107. The summed E-state index contributed by atoms with van der Waals surface area (Å²) in [7, 11) is 0. The van der Waals surface area contributed by atoms with Gasteiger partial charge in [0.2, 0.25) is 0 Å². The highest BCUT2D eigenvalue weighted by molar-refractivity contribution is 7.80. The van der Waals surface area contributed by atoms with Gasteiger partial charge in [-0.05, 0) is 35.8 Å². The fourth-order valence-corrected chi connectivity index (χ4v) is 3.42. The molecule has 0 aliphatic heterocycles. The monoisotopic (exact) mass is 375 g/mol. The second-order valence-corrected chi connectivity index (χ2v) is 6.98. The molecule has 0 saturated carbocycles. The van der Waals surface area contributed by atoms with Gasteiger partial charge >= 0.3 is 0 Å². The van der Waals surface area contributed by atoms with Gasteiger partial charge in [0.15, 0.2) is 5.11 Å². The van der Waals surface area contributed by atoms with Crippen molar-refractivity contribution in [1.29, 1.82) is 0 Å². The molecule has 3 rings (SSSR count). The summed E-state index contributed by atoms with van der Waals surface area (Å²) < 4.78 is 0. The maximum absolute atomic E-state index is 6.61. The Morgan fingerprint density at radius 3 is 1.67 bits per heavy atom. The molecule has 0 amide bonds. The first kappa shape index (κ1) is 19.1. The van der Waals surface area contributed by atoms with Crippen LogP contribution in [0, 0.1) is 0 Å². The van der Waals surface area contributed by atoms with Crippen LogP contribution in [0.5, 0.6) is 0 Å². The van der Waals surface area contributed by atoms with E-state index < -0.39 is 0 Å². The lowest BCUT2D eigenvalue weighted by Crippen LogP contribution is -2.42. The van der Waals surface area contributed by atoms with Crippen molar-refractivity contribution in [2.45, 2.75) is 25.0 Å². The Kier molecular flexibility index (Phi) is 6.58. The summed E-state index contributed by atoms with van der Waals surface area (Å²) in [5.74, 6) is 0. The molecule has 4 heteroatoms. The minimum Gasteiger partial charge on any atom is -0.356 e. The molecule has 0 fully saturated rings. The average molecular weight is 376 g/mol. The highest BCUT2D eigenvalue weighted by Gasteiger charge is 2.22. The van der Waals surface area contributed by atoms with E-state index >= 15 is 0 Å². The van der Waals surface area contributed by atoms with Crippen molar-refractivity contribution in [1.82, 2.24) is 10.6 Å². The van der Waals surface area contributed by atoms with Crippen molar-refractivity contribution in [3.05, 3.63) is 108 Å². The zero-order valence-corrected chi connectivity index (χ0v) is 16.2. The molecule has 4 N–H and O–H groups in total. The van der Waals surface area contributed by atoms with Gasteiger partial charge in [-0.1, -0.05) is 91.0 Å². The molecule has 0 spiro atoms. The van der Waals surface area contributed by atoms with Gasteiger partial charge < -0.3 is 16.4 Å². The molecule has 3 aromatic rings. The third kappa shape index (κ3) is 5.16. The molecule has 0 saturated heterocycles. The summed E-state index contributed by atoms with van der Waals surface area (Å²) in [4.78, 5) is 0. The van der Waals surface area contributed by atoms with Gasteiger partial charge in [0.05, 0.1) is 18.1 Å². The van der Waals surface area contributed by atoms with E-state index in [2.05, 4.69) is 41.8 Å². The van der Waals surface area contributed by atoms with Gasteiger partial charge in [-0.25, -0.2) is 0 Å². The van der Waals surface area contributed by atoms with Crippen LogP contribution in [0.3, 0.4) is 0 Å². The fraction of sp³-hybridized carbons (Fsp3) is 0.174. The van der Waals surface area contributed by atoms with Crippen LogP contribution in [0.25, 0.3) is 0 Å². The van der Waals surface area contributed by atoms with Crippen molar-refractivity contribution >= 4 is 17.3 Å². The largest absolute Gasteiger partial charge is 0.356 e. The van der Waals surface area contributed by atoms with Crippen molar-refractivity contribution in [2.24, 2.45) is 5.73 Å². The molecule has 0 radical (unpaired) electrons. The van der Waals surface area contributed by atoms with Crippen LogP contribution in [0.15, 0.2) is 91.0 Å². The molecule has 0 aromatic heterocycles. The van der Waals surface area contributed by atoms with E-state index in [4.69, 9.17) is 18.0 Å². The first-order valence-electron chi connectivity index (χ1n) is 9.12. The summed E-state index contributed by atoms with van der Waals surface area (Å²) >= 11 is 5.60. The fourth-order valence-electron chi connectivity index (χ4n) is 3.11. The minimum atomic E-state index is -0.222. The van der Waals surface area contributed by atoms with Crippen LogP contribution < -0.4 is 16.4 Å². The summed E-state index contributed by atoms with van der Waals surface area (Å²) in [6.07, 6.45) is 0. The number of benzene rings is 3. The molecule has 0 heterocycles. The first-order chi connectivity index (χ1) is 13.1. The predicted octanol–water partition coefficient (Wildman–Crippen LogP) is 4.65. The summed E-state index contributed by atoms with van der Waals surface area (Å²) in [6, 6.07) is 30.3. The summed E-state index contributed by atoms with van der Waals surface area (Å²) in [6.45, 7) is 2.10. The van der Waals surface area contributed by atoms with E-state index in [9.17, 15) is 0 Å². The Bertz CT molecular complexity index is 837. The van der Waals surface area contributed by atoms with Crippen molar-refractivity contribution in [3.63, 3.8) is 0 Å². The number of hydrogen-bond acceptors (Lipinski definition) is 2. The Morgan fingerprint density at radius 2 is 1.15 bits per heavy atom. The maximum Gasteiger partial charge on any atom is 0.167 e. The van der Waals surface area contributed by atoms with Crippen LogP contribution in [0.1, 0.15) is 41.7 Å². The molecular weight excluding hydrogens is 350 g/mol. The lowest BCUT2D eigenvalue weighted by atomic mass is 9.94. The molecule has 0 aliphatic carbocycles. The van der Waals surface area contributed by atoms with E-state index in [0.717, 1.165) is 11.1 Å². The number of hydrogen-bond donors (Lipinski definition) is 3. The van der Waals surface area contributed by atoms with E-state index in [1.807, 2.05) is 66.7 Å². The highest BCUT2D eigenvalue weighted by atomic mass is 32.1. The van der Waals surface area contributed by atoms with Crippen LogP contribution in [0.4, 0.5) is 0 Å². The van der Waals surface area contributed by atoms with E-state index in [-0.39, 0.29) is 18.1 Å². The average Bonchev–Trinajstić information content (AvgIpc) is 2.73. The standard InChI is InChI=1S/C23H25N3S/c1-17(18-11-5-2-6-12-18)25-23(27)26-22(20-15-9-4-10-16-20)21(24)19-13-7-3-8-14-19/h2-17,21-22H,24H2,1H3,(H2,25,26,27)/t17-,21-,22-/m0/s1. The third-order valence-corrected chi connectivity index (χ3v) is 4.87. The molecule has 3 nitrogen and oxygen atoms in total. The molecular formula is C23H25N3S. The Balaban J connectivity index is 1.76. The van der Waals surface area contributed by atoms with Crippen molar-refractivity contribution in [3.8, 4) is 0 Å². The molecule has 3 atom stereocenters. The first-order valence-corrected chi connectivity index (χ1v) is 9.53. The number of thiocarbonyl (C=S) groups is 1. The smallest absolute Gasteiger partial charge is 0.167 e. The second kappa shape index (κ2) is 9.31. The Morgan fingerprint density at radius 1 is 0.704 bits per heavy atom. The Labute approximate surface area is 166 Å². The summed E-state index contributed by atoms with van der Waals surface area (Å²) in [5, 5.41) is 7.38. The van der Waals surface area contributed by atoms with E-state index in [0.29, 0.717) is 5.11 Å². The van der Waals surface area contributed by atoms with Gasteiger partial charge in [0.25, 0.3) is 0 Å². The van der Waals surface area contributed by atoms with Crippen LogP contribution in [-0.4, -0.2) is 5.11 Å². The van der Waals surface area contributed by atoms with Crippen LogP contribution in [0.2, 0.25) is 0 Å². The Hall–Kier alpha value is -2.69. The second-order valence-electron chi connectivity index (χ2n) is 6.57. The quantitative estimate of drug-likeness (QED) is 0.549. The number of nitrogens with one attached hydrogen (secondary N) is 2. The SMILES string of the molecule is C[C@H](NC(=S)N[C@@H](c1ccccc1)[C@@H](N)c1ccccc1)c1ccccc1. The van der Waals surface area contributed by atoms with Gasteiger partial charge in [-0.15, -0.1) is 0 Å². The van der Waals surface area contributed by atoms with Crippen LogP contribution in [-0.2, 0) is 0 Å². The van der Waals surface area contributed by atoms with Gasteiger partial charge in [-0.2, -0.15) is 0 Å². The number of rotatable bonds is 6. The van der Waals surface area contributed by atoms with Gasteiger partial charge in [-0.3, -0.25) is 0 Å². The highest BCUT2D eigenvalue weighted by Crippen LogP contribution is 2.26. The normalized spacial score (nSPS) is 14.0. The zero-order chi connectivity index (χ0) is 19.1. The van der Waals surface area contributed by atoms with E-state index in [1.54, 1.807) is 0 Å².